The minimum Gasteiger partial charge on any atom is -0.380 e. The van der Waals surface area contributed by atoms with Gasteiger partial charge < -0.3 is 10.1 Å². The lowest BCUT2D eigenvalue weighted by Crippen LogP contribution is -2.41. The Labute approximate surface area is 168 Å². The summed E-state index contributed by atoms with van der Waals surface area (Å²) in [5, 5.41) is 2.89. The third-order valence-corrected chi connectivity index (χ3v) is 6.82. The standard InChI is InChI=1S/C20H22F2N2O4S/c1-28-13-15-4-2-3-5-19(15)23-20(25)14-8-10-24(11-9-14)29(26,27)16-6-7-17(21)18(22)12-16/h2-7,12,14H,8-11,13H2,1H3,(H,23,25). The molecule has 0 aromatic heterocycles. The number of piperidine rings is 1. The summed E-state index contributed by atoms with van der Waals surface area (Å²) >= 11 is 0. The molecule has 1 aliphatic rings. The van der Waals surface area contributed by atoms with Gasteiger partial charge in [-0.05, 0) is 37.1 Å². The molecule has 1 amide bonds. The number of halogens is 2. The zero-order valence-corrected chi connectivity index (χ0v) is 16.7. The van der Waals surface area contributed by atoms with E-state index in [4.69, 9.17) is 4.74 Å². The largest absolute Gasteiger partial charge is 0.380 e. The fourth-order valence-electron chi connectivity index (χ4n) is 3.30. The van der Waals surface area contributed by atoms with E-state index in [0.29, 0.717) is 31.2 Å². The van der Waals surface area contributed by atoms with Gasteiger partial charge in [0.2, 0.25) is 15.9 Å². The van der Waals surface area contributed by atoms with Crippen molar-refractivity contribution in [2.24, 2.45) is 5.92 Å². The molecule has 0 atom stereocenters. The Hall–Kier alpha value is -2.36. The number of methoxy groups -OCH3 is 1. The van der Waals surface area contributed by atoms with Gasteiger partial charge in [0.1, 0.15) is 0 Å². The summed E-state index contributed by atoms with van der Waals surface area (Å²) in [6, 6.07) is 9.82. The number of hydrogen-bond acceptors (Lipinski definition) is 4. The fourth-order valence-corrected chi connectivity index (χ4v) is 4.79. The molecule has 1 aliphatic heterocycles. The highest BCUT2D eigenvalue weighted by molar-refractivity contribution is 7.89. The molecule has 0 bridgehead atoms. The van der Waals surface area contributed by atoms with Crippen LogP contribution in [0.15, 0.2) is 47.4 Å². The van der Waals surface area contributed by atoms with E-state index in [1.54, 1.807) is 13.2 Å². The first-order valence-electron chi connectivity index (χ1n) is 9.16. The van der Waals surface area contributed by atoms with Crippen molar-refractivity contribution in [3.8, 4) is 0 Å². The molecule has 1 N–H and O–H groups in total. The van der Waals surface area contributed by atoms with Crippen molar-refractivity contribution >= 4 is 21.6 Å². The van der Waals surface area contributed by atoms with Gasteiger partial charge in [-0.25, -0.2) is 17.2 Å². The maximum absolute atomic E-state index is 13.4. The van der Waals surface area contributed by atoms with E-state index < -0.39 is 21.7 Å². The second-order valence-electron chi connectivity index (χ2n) is 6.83. The van der Waals surface area contributed by atoms with E-state index in [0.717, 1.165) is 17.7 Å². The van der Waals surface area contributed by atoms with Crippen LogP contribution in [0.4, 0.5) is 14.5 Å². The van der Waals surface area contributed by atoms with Crippen LogP contribution in [0.2, 0.25) is 0 Å². The van der Waals surface area contributed by atoms with Gasteiger partial charge in [-0.1, -0.05) is 18.2 Å². The molecule has 0 aliphatic carbocycles. The molecule has 29 heavy (non-hydrogen) atoms. The third-order valence-electron chi connectivity index (χ3n) is 4.93. The number of para-hydroxylation sites is 1. The van der Waals surface area contributed by atoms with E-state index in [-0.39, 0.29) is 29.8 Å². The summed E-state index contributed by atoms with van der Waals surface area (Å²) < 4.78 is 58.1. The van der Waals surface area contributed by atoms with Crippen molar-refractivity contribution in [3.63, 3.8) is 0 Å². The summed E-state index contributed by atoms with van der Waals surface area (Å²) in [6.07, 6.45) is 0.669. The zero-order valence-electron chi connectivity index (χ0n) is 15.9. The summed E-state index contributed by atoms with van der Waals surface area (Å²) in [7, 11) is -2.37. The third kappa shape index (κ3) is 4.80. The number of benzene rings is 2. The molecule has 0 saturated carbocycles. The molecule has 6 nitrogen and oxygen atoms in total. The van der Waals surface area contributed by atoms with Crippen LogP contribution in [-0.4, -0.2) is 38.8 Å². The number of amides is 1. The second kappa shape index (κ2) is 8.98. The minimum atomic E-state index is -3.94. The Balaban J connectivity index is 1.64. The van der Waals surface area contributed by atoms with E-state index in [2.05, 4.69) is 5.32 Å². The molecule has 9 heteroatoms. The van der Waals surface area contributed by atoms with Crippen molar-refractivity contribution < 1.29 is 26.7 Å². The van der Waals surface area contributed by atoms with Crippen LogP contribution < -0.4 is 5.32 Å². The van der Waals surface area contributed by atoms with Crippen molar-refractivity contribution in [2.75, 3.05) is 25.5 Å². The number of sulfonamides is 1. The molecule has 3 rings (SSSR count). The van der Waals surface area contributed by atoms with Crippen LogP contribution in [-0.2, 0) is 26.2 Å². The Morgan fingerprint density at radius 2 is 1.83 bits per heavy atom. The maximum atomic E-state index is 13.4. The minimum absolute atomic E-state index is 0.124. The highest BCUT2D eigenvalue weighted by atomic mass is 32.2. The van der Waals surface area contributed by atoms with Gasteiger partial charge in [0.05, 0.1) is 11.5 Å². The lowest BCUT2D eigenvalue weighted by Gasteiger charge is -2.30. The van der Waals surface area contributed by atoms with Crippen molar-refractivity contribution in [1.29, 1.82) is 0 Å². The van der Waals surface area contributed by atoms with Crippen LogP contribution in [0.5, 0.6) is 0 Å². The van der Waals surface area contributed by atoms with Gasteiger partial charge in [-0.2, -0.15) is 4.31 Å². The Bertz CT molecular complexity index is 990. The first-order valence-corrected chi connectivity index (χ1v) is 10.6. The smallest absolute Gasteiger partial charge is 0.243 e. The predicted octanol–water partition coefficient (Wildman–Crippen LogP) is 3.15. The maximum Gasteiger partial charge on any atom is 0.243 e. The highest BCUT2D eigenvalue weighted by Gasteiger charge is 2.32. The van der Waals surface area contributed by atoms with Crippen LogP contribution >= 0.6 is 0 Å². The van der Waals surface area contributed by atoms with Gasteiger partial charge >= 0.3 is 0 Å². The number of nitrogens with zero attached hydrogens (tertiary/aromatic N) is 1. The second-order valence-corrected chi connectivity index (χ2v) is 8.77. The summed E-state index contributed by atoms with van der Waals surface area (Å²) in [4.78, 5) is 12.3. The Kier molecular flexibility index (Phi) is 6.61. The molecule has 1 saturated heterocycles. The first-order chi connectivity index (χ1) is 13.8. The quantitative estimate of drug-likeness (QED) is 0.773. The van der Waals surface area contributed by atoms with Gasteiger partial charge in [0.15, 0.2) is 11.6 Å². The topological polar surface area (TPSA) is 75.7 Å². The molecular weight excluding hydrogens is 402 g/mol. The van der Waals surface area contributed by atoms with Crippen molar-refractivity contribution in [2.45, 2.75) is 24.3 Å². The van der Waals surface area contributed by atoms with Crippen LogP contribution in [0.25, 0.3) is 0 Å². The average Bonchev–Trinajstić information content (AvgIpc) is 2.71. The van der Waals surface area contributed by atoms with Crippen LogP contribution in [0, 0.1) is 17.6 Å². The van der Waals surface area contributed by atoms with Gasteiger partial charge in [0.25, 0.3) is 0 Å². The van der Waals surface area contributed by atoms with E-state index in [1.807, 2.05) is 18.2 Å². The lowest BCUT2D eigenvalue weighted by molar-refractivity contribution is -0.120. The molecule has 0 spiro atoms. The lowest BCUT2D eigenvalue weighted by atomic mass is 9.97. The summed E-state index contributed by atoms with van der Waals surface area (Å²) in [5.74, 6) is -2.84. The number of carbonyl (C=O) groups is 1. The molecule has 2 aromatic carbocycles. The Morgan fingerprint density at radius 1 is 1.14 bits per heavy atom. The van der Waals surface area contributed by atoms with Gasteiger partial charge in [-0.3, -0.25) is 4.79 Å². The van der Waals surface area contributed by atoms with Crippen LogP contribution in [0.3, 0.4) is 0 Å². The van der Waals surface area contributed by atoms with Gasteiger partial charge in [-0.15, -0.1) is 0 Å². The predicted molar refractivity (Wildman–Crippen MR) is 104 cm³/mol. The van der Waals surface area contributed by atoms with Crippen molar-refractivity contribution in [1.82, 2.24) is 4.31 Å². The molecular formula is C20H22F2N2O4S. The highest BCUT2D eigenvalue weighted by Crippen LogP contribution is 2.26. The number of carbonyl (C=O) groups excluding carboxylic acids is 1. The number of hydrogen-bond donors (Lipinski definition) is 1. The number of anilines is 1. The van der Waals surface area contributed by atoms with Crippen molar-refractivity contribution in [3.05, 3.63) is 59.7 Å². The molecule has 1 fully saturated rings. The van der Waals surface area contributed by atoms with E-state index >= 15 is 0 Å². The monoisotopic (exact) mass is 424 g/mol. The van der Waals surface area contributed by atoms with Crippen LogP contribution in [0.1, 0.15) is 18.4 Å². The normalized spacial score (nSPS) is 16.0. The van der Waals surface area contributed by atoms with Gasteiger partial charge in [0, 0.05) is 37.4 Å². The average molecular weight is 424 g/mol. The Morgan fingerprint density at radius 3 is 2.48 bits per heavy atom. The SMILES string of the molecule is COCc1ccccc1NC(=O)C1CCN(S(=O)(=O)c2ccc(F)c(F)c2)CC1. The first kappa shape index (κ1) is 21.4. The number of ether oxygens (including phenoxy) is 1. The van der Waals surface area contributed by atoms with E-state index in [9.17, 15) is 22.0 Å². The molecule has 0 unspecified atom stereocenters. The zero-order chi connectivity index (χ0) is 21.0. The molecule has 1 heterocycles. The molecule has 2 aromatic rings. The fraction of sp³-hybridized carbons (Fsp3) is 0.350. The molecule has 0 radical (unpaired) electrons. The summed E-state index contributed by atoms with van der Waals surface area (Å²) in [6.45, 7) is 0.611. The van der Waals surface area contributed by atoms with E-state index in [1.165, 1.54) is 4.31 Å². The summed E-state index contributed by atoms with van der Waals surface area (Å²) in [5.41, 5.74) is 1.51. The molecule has 156 valence electrons. The number of nitrogens with one attached hydrogen (secondary N) is 1. The number of rotatable bonds is 6.